The predicted octanol–water partition coefficient (Wildman–Crippen LogP) is 1.73. The number of carbonyl (C=O) groups excluding carboxylic acids is 3. The fourth-order valence-corrected chi connectivity index (χ4v) is 3.21. The molecule has 3 amide bonds. The van der Waals surface area contributed by atoms with Crippen molar-refractivity contribution in [2.45, 2.75) is 45.4 Å². The monoisotopic (exact) mass is 504 g/mol. The number of nitrogens with two attached hydrogens (primary N) is 1. The number of aliphatic hydroxyl groups is 1. The second-order valence-electron chi connectivity index (χ2n) is 8.93. The number of anilines is 1. The molecule has 0 aliphatic rings. The second kappa shape index (κ2) is 13.8. The number of amides is 3. The lowest BCUT2D eigenvalue weighted by molar-refractivity contribution is -0.164. The molecule has 9 heteroatoms. The fourth-order valence-electron chi connectivity index (χ4n) is 3.21. The van der Waals surface area contributed by atoms with Crippen LogP contribution < -0.4 is 16.4 Å². The van der Waals surface area contributed by atoms with E-state index in [-0.39, 0.29) is 11.5 Å². The van der Waals surface area contributed by atoms with Gasteiger partial charge in [-0.2, -0.15) is 0 Å². The normalized spacial score (nSPS) is 12.6. The first-order chi connectivity index (χ1) is 17.5. The molecule has 0 radical (unpaired) electrons. The summed E-state index contributed by atoms with van der Waals surface area (Å²) in [5.41, 5.74) is 8.14. The van der Waals surface area contributed by atoms with Crippen LogP contribution in [-0.4, -0.2) is 58.3 Å². The zero-order valence-electron chi connectivity index (χ0n) is 21.3. The SMILES string of the molecule is CC(C)CC(N)C(=O)Nc1ccc(C#CC#Cc2ccc(C(=O)NC(C(=O)N(C)O)C(C)O)cc2)cc1. The largest absolute Gasteiger partial charge is 0.391 e. The van der Waals surface area contributed by atoms with E-state index in [9.17, 15) is 24.7 Å². The van der Waals surface area contributed by atoms with Crippen molar-refractivity contribution < 1.29 is 24.7 Å². The average Bonchev–Trinajstić information content (AvgIpc) is 2.85. The molecule has 0 saturated heterocycles. The van der Waals surface area contributed by atoms with Crippen molar-refractivity contribution in [2.75, 3.05) is 12.4 Å². The van der Waals surface area contributed by atoms with Gasteiger partial charge in [-0.25, -0.2) is 5.06 Å². The molecule has 3 atom stereocenters. The third-order valence-corrected chi connectivity index (χ3v) is 5.19. The second-order valence-corrected chi connectivity index (χ2v) is 8.93. The quantitative estimate of drug-likeness (QED) is 0.210. The summed E-state index contributed by atoms with van der Waals surface area (Å²) < 4.78 is 0. The molecule has 37 heavy (non-hydrogen) atoms. The lowest BCUT2D eigenvalue weighted by Gasteiger charge is -2.22. The van der Waals surface area contributed by atoms with Gasteiger partial charge < -0.3 is 21.5 Å². The zero-order valence-corrected chi connectivity index (χ0v) is 21.3. The number of likely N-dealkylation sites (N-methyl/N-ethyl adjacent to an activating group) is 1. The van der Waals surface area contributed by atoms with E-state index in [0.29, 0.717) is 28.7 Å². The Hall–Kier alpha value is -4.15. The first-order valence-corrected chi connectivity index (χ1v) is 11.7. The number of nitrogens with one attached hydrogen (secondary N) is 2. The summed E-state index contributed by atoms with van der Waals surface area (Å²) in [6, 6.07) is 11.5. The summed E-state index contributed by atoms with van der Waals surface area (Å²) in [5, 5.41) is 24.5. The molecule has 2 aromatic rings. The van der Waals surface area contributed by atoms with Crippen LogP contribution in [0.2, 0.25) is 0 Å². The van der Waals surface area contributed by atoms with Crippen LogP contribution in [0.1, 0.15) is 48.7 Å². The van der Waals surface area contributed by atoms with E-state index >= 15 is 0 Å². The molecule has 2 rings (SSSR count). The van der Waals surface area contributed by atoms with Gasteiger partial charge in [-0.1, -0.05) is 25.7 Å². The van der Waals surface area contributed by atoms with Gasteiger partial charge >= 0.3 is 0 Å². The molecule has 0 aliphatic heterocycles. The van der Waals surface area contributed by atoms with Crippen molar-refractivity contribution >= 4 is 23.4 Å². The van der Waals surface area contributed by atoms with Crippen LogP contribution in [-0.2, 0) is 9.59 Å². The molecule has 0 fully saturated rings. The van der Waals surface area contributed by atoms with E-state index in [2.05, 4.69) is 34.3 Å². The minimum atomic E-state index is -1.29. The lowest BCUT2D eigenvalue weighted by atomic mass is 10.0. The van der Waals surface area contributed by atoms with Gasteiger partial charge in [-0.3, -0.25) is 19.6 Å². The Morgan fingerprint density at radius 1 is 0.946 bits per heavy atom. The third-order valence-electron chi connectivity index (χ3n) is 5.19. The summed E-state index contributed by atoms with van der Waals surface area (Å²) in [6.07, 6.45) is -0.589. The highest BCUT2D eigenvalue weighted by Gasteiger charge is 2.28. The van der Waals surface area contributed by atoms with Gasteiger partial charge in [0.15, 0.2) is 0 Å². The first-order valence-electron chi connectivity index (χ1n) is 11.7. The van der Waals surface area contributed by atoms with Crippen molar-refractivity contribution in [3.63, 3.8) is 0 Å². The Balaban J connectivity index is 1.96. The van der Waals surface area contributed by atoms with Crippen molar-refractivity contribution in [1.29, 1.82) is 0 Å². The Kier molecular flexibility index (Phi) is 10.9. The van der Waals surface area contributed by atoms with Gasteiger partial charge in [0.2, 0.25) is 5.91 Å². The smallest absolute Gasteiger partial charge is 0.270 e. The first kappa shape index (κ1) is 29.1. The van der Waals surface area contributed by atoms with Crippen LogP contribution in [0, 0.1) is 29.6 Å². The predicted molar refractivity (Wildman–Crippen MR) is 140 cm³/mol. The summed E-state index contributed by atoms with van der Waals surface area (Å²) in [4.78, 5) is 36.5. The van der Waals surface area contributed by atoms with Crippen molar-refractivity contribution in [3.8, 4) is 23.7 Å². The van der Waals surface area contributed by atoms with E-state index in [0.717, 1.165) is 12.6 Å². The van der Waals surface area contributed by atoms with Crippen LogP contribution in [0.3, 0.4) is 0 Å². The van der Waals surface area contributed by atoms with Gasteiger partial charge in [0.25, 0.3) is 11.8 Å². The maximum atomic E-state index is 12.4. The molecular formula is C28H32N4O5. The minimum Gasteiger partial charge on any atom is -0.391 e. The van der Waals surface area contributed by atoms with E-state index in [4.69, 9.17) is 5.73 Å². The molecule has 0 aliphatic carbocycles. The Morgan fingerprint density at radius 2 is 1.46 bits per heavy atom. The molecule has 0 bridgehead atoms. The average molecular weight is 505 g/mol. The van der Waals surface area contributed by atoms with Crippen molar-refractivity contribution in [3.05, 3.63) is 65.2 Å². The van der Waals surface area contributed by atoms with Crippen molar-refractivity contribution in [1.82, 2.24) is 10.4 Å². The molecule has 0 saturated carbocycles. The maximum absolute atomic E-state index is 12.4. The van der Waals surface area contributed by atoms with Gasteiger partial charge in [0.1, 0.15) is 6.04 Å². The molecule has 0 aromatic heterocycles. The molecular weight excluding hydrogens is 472 g/mol. The highest BCUT2D eigenvalue weighted by molar-refractivity contribution is 5.97. The van der Waals surface area contributed by atoms with Gasteiger partial charge in [-0.05, 0) is 79.6 Å². The summed E-state index contributed by atoms with van der Waals surface area (Å²) in [5.74, 6) is 9.99. The number of hydrogen-bond donors (Lipinski definition) is 5. The van der Waals surface area contributed by atoms with Crippen LogP contribution in [0.5, 0.6) is 0 Å². The Morgan fingerprint density at radius 3 is 1.92 bits per heavy atom. The van der Waals surface area contributed by atoms with Gasteiger partial charge in [0.05, 0.1) is 12.1 Å². The van der Waals surface area contributed by atoms with E-state index in [1.54, 1.807) is 36.4 Å². The summed E-state index contributed by atoms with van der Waals surface area (Å²) in [6.45, 7) is 5.36. The Labute approximate surface area is 217 Å². The molecule has 194 valence electrons. The summed E-state index contributed by atoms with van der Waals surface area (Å²) in [7, 11) is 1.11. The van der Waals surface area contributed by atoms with E-state index in [1.165, 1.54) is 19.1 Å². The lowest BCUT2D eigenvalue weighted by Crippen LogP contribution is -2.52. The molecule has 0 spiro atoms. The van der Waals surface area contributed by atoms with E-state index < -0.39 is 30.0 Å². The fraction of sp³-hybridized carbons (Fsp3) is 0.321. The van der Waals surface area contributed by atoms with Crippen LogP contribution in [0.25, 0.3) is 0 Å². The number of hydroxylamine groups is 2. The van der Waals surface area contributed by atoms with Crippen LogP contribution in [0.15, 0.2) is 48.5 Å². The number of nitrogens with zero attached hydrogens (tertiary/aromatic N) is 1. The van der Waals surface area contributed by atoms with Crippen LogP contribution >= 0.6 is 0 Å². The third kappa shape index (κ3) is 9.43. The number of aliphatic hydroxyl groups excluding tert-OH is 1. The molecule has 2 aromatic carbocycles. The molecule has 3 unspecified atom stereocenters. The highest BCUT2D eigenvalue weighted by Crippen LogP contribution is 2.11. The Bertz CT molecular complexity index is 1210. The standard InChI is InChI=1S/C28H32N4O5/c1-18(2)17-24(29)27(35)30-23-15-11-21(12-16-23)8-6-5-7-20-9-13-22(14-10-20)26(34)31-25(19(3)33)28(36)32(4)37/h9-16,18-19,24-25,33,37H,17,29H2,1-4H3,(H,30,35)(H,31,34). The maximum Gasteiger partial charge on any atom is 0.270 e. The molecule has 6 N–H and O–H groups in total. The highest BCUT2D eigenvalue weighted by atomic mass is 16.5. The minimum absolute atomic E-state index is 0.226. The van der Waals surface area contributed by atoms with E-state index in [1.807, 2.05) is 13.8 Å². The summed E-state index contributed by atoms with van der Waals surface area (Å²) >= 11 is 0. The zero-order chi connectivity index (χ0) is 27.5. The number of benzene rings is 2. The van der Waals surface area contributed by atoms with Gasteiger partial charge in [0, 0.05) is 29.4 Å². The van der Waals surface area contributed by atoms with Crippen LogP contribution in [0.4, 0.5) is 5.69 Å². The van der Waals surface area contributed by atoms with Crippen molar-refractivity contribution in [2.24, 2.45) is 11.7 Å². The number of carbonyl (C=O) groups is 3. The topological polar surface area (TPSA) is 145 Å². The molecule has 0 heterocycles. The van der Waals surface area contributed by atoms with Gasteiger partial charge in [-0.15, -0.1) is 0 Å². The number of rotatable bonds is 8. The molecule has 9 nitrogen and oxygen atoms in total. The number of hydrogen-bond acceptors (Lipinski definition) is 6.